The molecule has 0 spiro atoms. The van der Waals surface area contributed by atoms with Crippen molar-refractivity contribution in [3.8, 4) is 0 Å². The van der Waals surface area contributed by atoms with Crippen molar-refractivity contribution >= 4 is 11.8 Å². The fourth-order valence-electron chi connectivity index (χ4n) is 3.36. The molecule has 2 amide bonds. The summed E-state index contributed by atoms with van der Waals surface area (Å²) < 4.78 is 0. The molecule has 1 aliphatic heterocycles. The highest BCUT2D eigenvalue weighted by atomic mass is 16.2. The third-order valence-corrected chi connectivity index (χ3v) is 4.49. The Morgan fingerprint density at radius 3 is 2.60 bits per heavy atom. The molecule has 0 unspecified atom stereocenters. The van der Waals surface area contributed by atoms with Crippen LogP contribution in [0.3, 0.4) is 0 Å². The Balaban J connectivity index is 2.07. The van der Waals surface area contributed by atoms with Gasteiger partial charge in [-0.25, -0.2) is 4.98 Å². The molecule has 0 saturated carbocycles. The molecule has 2 rings (SSSR count). The van der Waals surface area contributed by atoms with Gasteiger partial charge in [-0.15, -0.1) is 0 Å². The molecule has 1 aromatic heterocycles. The smallest absolute Gasteiger partial charge is 0.271 e. The maximum absolute atomic E-state index is 12.9. The van der Waals surface area contributed by atoms with Crippen molar-refractivity contribution in [2.24, 2.45) is 5.92 Å². The van der Waals surface area contributed by atoms with E-state index in [2.05, 4.69) is 34.0 Å². The fraction of sp³-hybridized carbons (Fsp3) is 0.667. The largest absolute Gasteiger partial charge is 0.347 e. The maximum atomic E-state index is 12.9. The molecule has 1 aliphatic rings. The number of carbonyl (C=O) groups is 2. The zero-order valence-electron chi connectivity index (χ0n) is 15.6. The Morgan fingerprint density at radius 2 is 2.04 bits per heavy atom. The van der Waals surface area contributed by atoms with E-state index in [1.54, 1.807) is 0 Å². The summed E-state index contributed by atoms with van der Waals surface area (Å²) in [6.07, 6.45) is 5.12. The first-order valence-electron chi connectivity index (χ1n) is 9.05. The standard InChI is InChI=1S/C18H29N5O2/c1-5-22(6-2)18(25)16-9-14(12-23(16)11-13(3)4)21-17(24)15-10-19-7-8-20-15/h7-8,10,13-14,16H,5-6,9,11-12H2,1-4H3,(H,21,24)/t14-,16+/m1/s1. The van der Waals surface area contributed by atoms with Crippen molar-refractivity contribution < 1.29 is 9.59 Å². The van der Waals surface area contributed by atoms with E-state index in [0.717, 1.165) is 6.54 Å². The summed E-state index contributed by atoms with van der Waals surface area (Å²) in [5.74, 6) is 0.377. The molecular formula is C18H29N5O2. The van der Waals surface area contributed by atoms with Gasteiger partial charge in [0, 0.05) is 44.6 Å². The highest BCUT2D eigenvalue weighted by molar-refractivity contribution is 5.92. The summed E-state index contributed by atoms with van der Waals surface area (Å²) >= 11 is 0. The lowest BCUT2D eigenvalue weighted by molar-refractivity contribution is -0.135. The van der Waals surface area contributed by atoms with Crippen LogP contribution in [-0.2, 0) is 4.79 Å². The molecule has 2 atom stereocenters. The van der Waals surface area contributed by atoms with Gasteiger partial charge in [0.1, 0.15) is 5.69 Å². The van der Waals surface area contributed by atoms with E-state index < -0.39 is 0 Å². The van der Waals surface area contributed by atoms with Crippen LogP contribution in [0.1, 0.15) is 44.6 Å². The minimum absolute atomic E-state index is 0.0576. The predicted molar refractivity (Wildman–Crippen MR) is 96.0 cm³/mol. The molecule has 1 saturated heterocycles. The first-order valence-corrected chi connectivity index (χ1v) is 9.05. The number of nitrogens with zero attached hydrogens (tertiary/aromatic N) is 4. The third kappa shape index (κ3) is 4.98. The van der Waals surface area contributed by atoms with Gasteiger partial charge in [-0.3, -0.25) is 19.5 Å². The van der Waals surface area contributed by atoms with Crippen molar-refractivity contribution in [1.29, 1.82) is 0 Å². The van der Waals surface area contributed by atoms with E-state index in [9.17, 15) is 9.59 Å². The monoisotopic (exact) mass is 347 g/mol. The van der Waals surface area contributed by atoms with Crippen molar-refractivity contribution in [2.45, 2.75) is 46.2 Å². The molecule has 0 bridgehead atoms. The number of likely N-dealkylation sites (tertiary alicyclic amines) is 1. The van der Waals surface area contributed by atoms with E-state index in [4.69, 9.17) is 0 Å². The zero-order valence-corrected chi connectivity index (χ0v) is 15.6. The highest BCUT2D eigenvalue weighted by Gasteiger charge is 2.39. The number of carbonyl (C=O) groups excluding carboxylic acids is 2. The number of hydrogen-bond donors (Lipinski definition) is 1. The van der Waals surface area contributed by atoms with Crippen molar-refractivity contribution in [2.75, 3.05) is 26.2 Å². The molecule has 2 heterocycles. The highest BCUT2D eigenvalue weighted by Crippen LogP contribution is 2.21. The van der Waals surface area contributed by atoms with Gasteiger partial charge in [0.05, 0.1) is 12.2 Å². The molecule has 1 fully saturated rings. The van der Waals surface area contributed by atoms with Crippen LogP contribution in [0.5, 0.6) is 0 Å². The number of rotatable bonds is 7. The SMILES string of the molecule is CCN(CC)C(=O)[C@@H]1C[C@@H](NC(=O)c2cnccn2)CN1CC(C)C. The maximum Gasteiger partial charge on any atom is 0.271 e. The molecule has 0 aromatic carbocycles. The number of hydrogen-bond acceptors (Lipinski definition) is 5. The Labute approximate surface area is 149 Å². The molecular weight excluding hydrogens is 318 g/mol. The van der Waals surface area contributed by atoms with Gasteiger partial charge in [0.25, 0.3) is 5.91 Å². The molecule has 1 aromatic rings. The van der Waals surface area contributed by atoms with E-state index in [0.29, 0.717) is 37.7 Å². The summed E-state index contributed by atoms with van der Waals surface area (Å²) in [5.41, 5.74) is 0.302. The van der Waals surface area contributed by atoms with Crippen LogP contribution < -0.4 is 5.32 Å². The normalized spacial score (nSPS) is 20.7. The van der Waals surface area contributed by atoms with Crippen LogP contribution in [0.25, 0.3) is 0 Å². The topological polar surface area (TPSA) is 78.4 Å². The number of nitrogens with one attached hydrogen (secondary N) is 1. The summed E-state index contributed by atoms with van der Waals surface area (Å²) in [7, 11) is 0. The first-order chi connectivity index (χ1) is 12.0. The molecule has 0 aliphatic carbocycles. The lowest BCUT2D eigenvalue weighted by atomic mass is 10.1. The number of aromatic nitrogens is 2. The van der Waals surface area contributed by atoms with Crippen LogP contribution in [-0.4, -0.2) is 69.8 Å². The van der Waals surface area contributed by atoms with E-state index >= 15 is 0 Å². The quantitative estimate of drug-likeness (QED) is 0.801. The van der Waals surface area contributed by atoms with Gasteiger partial charge in [-0.1, -0.05) is 13.8 Å². The minimum atomic E-state index is -0.237. The molecule has 1 N–H and O–H groups in total. The molecule has 0 radical (unpaired) electrons. The first kappa shape index (κ1) is 19.3. The van der Waals surface area contributed by atoms with Crippen LogP contribution >= 0.6 is 0 Å². The number of amides is 2. The molecule has 7 heteroatoms. The van der Waals surface area contributed by atoms with Crippen LogP contribution in [0.15, 0.2) is 18.6 Å². The van der Waals surface area contributed by atoms with Crippen molar-refractivity contribution in [3.63, 3.8) is 0 Å². The van der Waals surface area contributed by atoms with Crippen LogP contribution in [0.4, 0.5) is 0 Å². The Hall–Kier alpha value is -2.02. The molecule has 138 valence electrons. The van der Waals surface area contributed by atoms with E-state index in [1.807, 2.05) is 18.7 Å². The molecule has 7 nitrogen and oxygen atoms in total. The fourth-order valence-corrected chi connectivity index (χ4v) is 3.36. The Kier molecular flexibility index (Phi) is 6.87. The number of likely N-dealkylation sites (N-methyl/N-ethyl adjacent to an activating group) is 1. The molecule has 25 heavy (non-hydrogen) atoms. The second kappa shape index (κ2) is 8.89. The van der Waals surface area contributed by atoms with Crippen LogP contribution in [0, 0.1) is 5.92 Å². The lowest BCUT2D eigenvalue weighted by Crippen LogP contribution is -2.46. The van der Waals surface area contributed by atoms with Gasteiger partial charge in [-0.05, 0) is 26.2 Å². The minimum Gasteiger partial charge on any atom is -0.347 e. The van der Waals surface area contributed by atoms with E-state index in [-0.39, 0.29) is 23.9 Å². The summed E-state index contributed by atoms with van der Waals surface area (Å²) in [6.45, 7) is 11.2. The average molecular weight is 347 g/mol. The lowest BCUT2D eigenvalue weighted by Gasteiger charge is -2.29. The Morgan fingerprint density at radius 1 is 1.32 bits per heavy atom. The van der Waals surface area contributed by atoms with Crippen LogP contribution in [0.2, 0.25) is 0 Å². The zero-order chi connectivity index (χ0) is 18.4. The van der Waals surface area contributed by atoms with E-state index in [1.165, 1.54) is 18.6 Å². The average Bonchev–Trinajstić information content (AvgIpc) is 2.98. The second-order valence-corrected chi connectivity index (χ2v) is 6.87. The second-order valence-electron chi connectivity index (χ2n) is 6.87. The third-order valence-electron chi connectivity index (χ3n) is 4.49. The summed E-state index contributed by atoms with van der Waals surface area (Å²) in [6, 6.07) is -0.229. The Bertz CT molecular complexity index is 574. The van der Waals surface area contributed by atoms with Gasteiger partial charge < -0.3 is 10.2 Å². The van der Waals surface area contributed by atoms with Crippen molar-refractivity contribution in [1.82, 2.24) is 25.1 Å². The summed E-state index contributed by atoms with van der Waals surface area (Å²) in [4.78, 5) is 37.2. The van der Waals surface area contributed by atoms with Gasteiger partial charge in [-0.2, -0.15) is 0 Å². The van der Waals surface area contributed by atoms with Gasteiger partial charge >= 0.3 is 0 Å². The summed E-state index contributed by atoms with van der Waals surface area (Å²) in [5, 5.41) is 3.00. The van der Waals surface area contributed by atoms with Crippen molar-refractivity contribution in [3.05, 3.63) is 24.3 Å². The van der Waals surface area contributed by atoms with Gasteiger partial charge in [0.15, 0.2) is 0 Å². The predicted octanol–water partition coefficient (Wildman–Crippen LogP) is 1.17. The van der Waals surface area contributed by atoms with Gasteiger partial charge in [0.2, 0.25) is 5.91 Å².